The molecular formula is C15H17NO2. The summed E-state index contributed by atoms with van der Waals surface area (Å²) >= 11 is 0. The van der Waals surface area contributed by atoms with Gasteiger partial charge in [-0.05, 0) is 31.0 Å². The summed E-state index contributed by atoms with van der Waals surface area (Å²) in [6.45, 7) is 4.46. The van der Waals surface area contributed by atoms with Crippen molar-refractivity contribution in [1.29, 1.82) is 0 Å². The van der Waals surface area contributed by atoms with Crippen LogP contribution in [0, 0.1) is 13.8 Å². The van der Waals surface area contributed by atoms with Crippen LogP contribution >= 0.6 is 0 Å². The Morgan fingerprint density at radius 1 is 1.22 bits per heavy atom. The summed E-state index contributed by atoms with van der Waals surface area (Å²) < 4.78 is 5.16. The Labute approximate surface area is 107 Å². The second-order valence-corrected chi connectivity index (χ2v) is 4.48. The molecule has 0 bridgehead atoms. The number of aryl methyl sites for hydroxylation is 2. The zero-order valence-corrected chi connectivity index (χ0v) is 10.9. The summed E-state index contributed by atoms with van der Waals surface area (Å²) in [4.78, 5) is 13.9. The van der Waals surface area contributed by atoms with Gasteiger partial charge in [-0.25, -0.2) is 0 Å². The van der Waals surface area contributed by atoms with Crippen LogP contribution in [0.25, 0.3) is 0 Å². The lowest BCUT2D eigenvalue weighted by Gasteiger charge is -2.18. The average Bonchev–Trinajstić information content (AvgIpc) is 2.77. The summed E-state index contributed by atoms with van der Waals surface area (Å²) in [6.07, 6.45) is 1.55. The van der Waals surface area contributed by atoms with E-state index in [0.29, 0.717) is 17.9 Å². The minimum atomic E-state index is -0.00972. The van der Waals surface area contributed by atoms with E-state index in [1.165, 1.54) is 5.56 Å². The molecule has 1 amide bonds. The van der Waals surface area contributed by atoms with Crippen molar-refractivity contribution in [1.82, 2.24) is 4.90 Å². The van der Waals surface area contributed by atoms with E-state index in [4.69, 9.17) is 4.42 Å². The Morgan fingerprint density at radius 3 is 2.56 bits per heavy atom. The van der Waals surface area contributed by atoms with Gasteiger partial charge >= 0.3 is 0 Å². The molecule has 0 aliphatic heterocycles. The molecule has 0 saturated carbocycles. The number of furan rings is 1. The van der Waals surface area contributed by atoms with E-state index in [1.54, 1.807) is 31.2 Å². The third kappa shape index (κ3) is 2.45. The summed E-state index contributed by atoms with van der Waals surface area (Å²) in [6, 6.07) is 9.80. The Hall–Kier alpha value is -2.03. The van der Waals surface area contributed by atoms with Crippen LogP contribution in [0.2, 0.25) is 0 Å². The lowest BCUT2D eigenvalue weighted by molar-refractivity contribution is 0.0783. The molecule has 3 heteroatoms. The predicted octanol–water partition coefficient (Wildman–Crippen LogP) is 3.17. The minimum absolute atomic E-state index is 0.00972. The average molecular weight is 243 g/mol. The van der Waals surface area contributed by atoms with Crippen LogP contribution in [0.4, 0.5) is 0 Å². The van der Waals surface area contributed by atoms with Crippen LogP contribution in [0.5, 0.6) is 0 Å². The fourth-order valence-electron chi connectivity index (χ4n) is 1.93. The number of hydrogen-bond donors (Lipinski definition) is 0. The van der Waals surface area contributed by atoms with Crippen molar-refractivity contribution < 1.29 is 9.21 Å². The zero-order chi connectivity index (χ0) is 13.1. The van der Waals surface area contributed by atoms with Crippen molar-refractivity contribution in [3.63, 3.8) is 0 Å². The fraction of sp³-hybridized carbons (Fsp3) is 0.267. The third-order valence-corrected chi connectivity index (χ3v) is 3.10. The summed E-state index contributed by atoms with van der Waals surface area (Å²) in [7, 11) is 1.81. The highest BCUT2D eigenvalue weighted by Crippen LogP contribution is 2.14. The Bertz CT molecular complexity index is 557. The van der Waals surface area contributed by atoms with Crippen molar-refractivity contribution in [2.45, 2.75) is 20.4 Å². The molecule has 2 aromatic rings. The van der Waals surface area contributed by atoms with E-state index in [9.17, 15) is 4.79 Å². The maximum absolute atomic E-state index is 12.2. The SMILES string of the molecule is Cc1ccccc1CN(C)C(=O)c1ccoc1C. The molecule has 0 aliphatic carbocycles. The molecule has 2 rings (SSSR count). The van der Waals surface area contributed by atoms with Gasteiger partial charge in [-0.2, -0.15) is 0 Å². The molecule has 3 nitrogen and oxygen atoms in total. The lowest BCUT2D eigenvalue weighted by atomic mass is 10.1. The Kier molecular flexibility index (Phi) is 3.51. The maximum atomic E-state index is 12.2. The van der Waals surface area contributed by atoms with Gasteiger partial charge in [0.25, 0.3) is 5.91 Å². The van der Waals surface area contributed by atoms with Crippen LogP contribution in [-0.4, -0.2) is 17.9 Å². The first-order valence-electron chi connectivity index (χ1n) is 5.93. The van der Waals surface area contributed by atoms with E-state index in [2.05, 4.69) is 13.0 Å². The first-order valence-corrected chi connectivity index (χ1v) is 5.93. The summed E-state index contributed by atoms with van der Waals surface area (Å²) in [5, 5.41) is 0. The third-order valence-electron chi connectivity index (χ3n) is 3.10. The maximum Gasteiger partial charge on any atom is 0.257 e. The number of benzene rings is 1. The first-order chi connectivity index (χ1) is 8.59. The van der Waals surface area contributed by atoms with Crippen molar-refractivity contribution in [3.8, 4) is 0 Å². The van der Waals surface area contributed by atoms with Gasteiger partial charge in [-0.15, -0.1) is 0 Å². The smallest absolute Gasteiger partial charge is 0.257 e. The van der Waals surface area contributed by atoms with Gasteiger partial charge in [0.2, 0.25) is 0 Å². The van der Waals surface area contributed by atoms with E-state index in [-0.39, 0.29) is 5.91 Å². The molecule has 0 spiro atoms. The van der Waals surface area contributed by atoms with Crippen LogP contribution in [0.15, 0.2) is 41.0 Å². The molecule has 0 saturated heterocycles. The molecule has 0 fully saturated rings. The highest BCUT2D eigenvalue weighted by Gasteiger charge is 2.16. The Balaban J connectivity index is 2.14. The number of nitrogens with zero attached hydrogens (tertiary/aromatic N) is 1. The van der Waals surface area contributed by atoms with E-state index < -0.39 is 0 Å². The molecule has 0 radical (unpaired) electrons. The van der Waals surface area contributed by atoms with Crippen LogP contribution in [0.3, 0.4) is 0 Å². The van der Waals surface area contributed by atoms with Crippen LogP contribution < -0.4 is 0 Å². The second-order valence-electron chi connectivity index (χ2n) is 4.48. The van der Waals surface area contributed by atoms with Crippen molar-refractivity contribution >= 4 is 5.91 Å². The van der Waals surface area contributed by atoms with Crippen LogP contribution in [-0.2, 0) is 6.54 Å². The molecular weight excluding hydrogens is 226 g/mol. The Morgan fingerprint density at radius 2 is 1.94 bits per heavy atom. The normalized spacial score (nSPS) is 10.4. The van der Waals surface area contributed by atoms with Gasteiger partial charge in [-0.1, -0.05) is 24.3 Å². The quantitative estimate of drug-likeness (QED) is 0.829. The van der Waals surface area contributed by atoms with Gasteiger partial charge in [0, 0.05) is 13.6 Å². The monoisotopic (exact) mass is 243 g/mol. The second kappa shape index (κ2) is 5.08. The summed E-state index contributed by atoms with van der Waals surface area (Å²) in [5.41, 5.74) is 2.99. The standard InChI is InChI=1S/C15H17NO2/c1-11-6-4-5-7-13(11)10-16(3)15(17)14-8-9-18-12(14)2/h4-9H,10H2,1-3H3. The van der Waals surface area contributed by atoms with Crippen molar-refractivity contribution in [2.24, 2.45) is 0 Å². The molecule has 1 heterocycles. The number of hydrogen-bond acceptors (Lipinski definition) is 2. The molecule has 94 valence electrons. The number of amides is 1. The molecule has 18 heavy (non-hydrogen) atoms. The highest BCUT2D eigenvalue weighted by atomic mass is 16.3. The topological polar surface area (TPSA) is 33.5 Å². The first kappa shape index (κ1) is 12.4. The van der Waals surface area contributed by atoms with Crippen molar-refractivity contribution in [2.75, 3.05) is 7.05 Å². The number of carbonyl (C=O) groups is 1. The predicted molar refractivity (Wildman–Crippen MR) is 70.4 cm³/mol. The van der Waals surface area contributed by atoms with Crippen LogP contribution in [0.1, 0.15) is 27.2 Å². The zero-order valence-electron chi connectivity index (χ0n) is 10.9. The molecule has 1 aromatic carbocycles. The number of rotatable bonds is 3. The fourth-order valence-corrected chi connectivity index (χ4v) is 1.93. The van der Waals surface area contributed by atoms with Crippen molar-refractivity contribution in [3.05, 3.63) is 59.0 Å². The van der Waals surface area contributed by atoms with Gasteiger partial charge in [0.1, 0.15) is 5.76 Å². The van der Waals surface area contributed by atoms with Gasteiger partial charge in [0.15, 0.2) is 0 Å². The molecule has 0 aliphatic rings. The molecule has 0 atom stereocenters. The summed E-state index contributed by atoms with van der Waals surface area (Å²) in [5.74, 6) is 0.654. The van der Waals surface area contributed by atoms with E-state index >= 15 is 0 Å². The lowest BCUT2D eigenvalue weighted by Crippen LogP contribution is -2.26. The van der Waals surface area contributed by atoms with E-state index in [0.717, 1.165) is 5.56 Å². The minimum Gasteiger partial charge on any atom is -0.469 e. The van der Waals surface area contributed by atoms with Gasteiger partial charge in [0.05, 0.1) is 11.8 Å². The van der Waals surface area contributed by atoms with E-state index in [1.807, 2.05) is 18.2 Å². The highest BCUT2D eigenvalue weighted by molar-refractivity contribution is 5.94. The van der Waals surface area contributed by atoms with Gasteiger partial charge < -0.3 is 9.32 Å². The largest absolute Gasteiger partial charge is 0.469 e. The molecule has 0 unspecified atom stereocenters. The molecule has 1 aromatic heterocycles. The number of carbonyl (C=O) groups excluding carboxylic acids is 1. The molecule has 0 N–H and O–H groups in total. The van der Waals surface area contributed by atoms with Gasteiger partial charge in [-0.3, -0.25) is 4.79 Å².